The summed E-state index contributed by atoms with van der Waals surface area (Å²) in [7, 11) is 0.465. The quantitative estimate of drug-likeness (QED) is 0.227. The van der Waals surface area contributed by atoms with Crippen LogP contribution in [0.2, 0.25) is 0 Å². The molecule has 0 N–H and O–H groups in total. The molecule has 10 aliphatic carbocycles. The zero-order valence-corrected chi connectivity index (χ0v) is 65.9. The molecule has 0 atom stereocenters. The smallest absolute Gasteiger partial charge is 0.134 e. The maximum Gasteiger partial charge on any atom is 0.134 e. The van der Waals surface area contributed by atoms with Crippen LogP contribution in [0.25, 0.3) is 0 Å². The second-order valence-corrected chi connectivity index (χ2v) is 59.4. The van der Waals surface area contributed by atoms with Gasteiger partial charge in [0.1, 0.15) is 17.3 Å². The van der Waals surface area contributed by atoms with Crippen molar-refractivity contribution in [2.45, 2.75) is 489 Å². The first-order chi connectivity index (χ1) is 41.6. The van der Waals surface area contributed by atoms with Gasteiger partial charge in [-0.3, -0.25) is 14.4 Å². The molecule has 3 nitrogen and oxygen atoms in total. The highest BCUT2D eigenvalue weighted by Crippen LogP contribution is 2.86. The Morgan fingerprint density at radius 2 is 0.303 bits per heavy atom. The van der Waals surface area contributed by atoms with Gasteiger partial charge in [0.2, 0.25) is 0 Å². The Kier molecular flexibility index (Phi) is 20.9. The van der Waals surface area contributed by atoms with Gasteiger partial charge in [0.15, 0.2) is 0 Å². The minimum atomic E-state index is -0.0310. The van der Waals surface area contributed by atoms with Crippen molar-refractivity contribution in [1.29, 1.82) is 0 Å². The molecule has 0 unspecified atom stereocenters. The standard InChI is InChI=1S/C19H35P.C17H29OP.C17H31P.C15H25OP.C13H21OP/c1-17(2,3)20-18(11-6-4-7-12-18)15-10-16-19(20)13-8-5-9-14-19;1-15(2,3)19-16(8-4-5-9-16)12-14(18)13-17(19)10-6-7-11-17;1-15(2,3)18-16(9-4-5-10-16)13-8-14-17(18)11-6-7-12-17;1-13(2,3)17-14(6-4-7-14)10-12(16)11-15(17)8-5-9-15;1-11(2,3)15-12(4-5-12)8-10(14)9-13(15)6-7-13/h4-16H2,1-3H3;4-13H2,1-3H3;4-14H2,1-3H3;4-11H2,1-3H3;4-9H2,1-3H3. The van der Waals surface area contributed by atoms with E-state index in [1.165, 1.54) is 180 Å². The molecule has 8 heteroatoms. The van der Waals surface area contributed by atoms with E-state index in [0.717, 1.165) is 59.1 Å². The van der Waals surface area contributed by atoms with Gasteiger partial charge < -0.3 is 0 Å². The zero-order valence-electron chi connectivity index (χ0n) is 61.4. The molecule has 5 aliphatic heterocycles. The Morgan fingerprint density at radius 1 is 0.180 bits per heavy atom. The van der Waals surface area contributed by atoms with Crippen molar-refractivity contribution in [2.75, 3.05) is 0 Å². The molecule has 508 valence electrons. The van der Waals surface area contributed by atoms with E-state index in [4.69, 9.17) is 0 Å². The van der Waals surface area contributed by atoms with Crippen molar-refractivity contribution in [3.8, 4) is 0 Å². The normalized spacial score (nSPS) is 31.2. The third-order valence-electron chi connectivity index (χ3n) is 27.8. The maximum absolute atomic E-state index is 12.5. The van der Waals surface area contributed by atoms with Gasteiger partial charge in [-0.15, -0.1) is 0 Å². The van der Waals surface area contributed by atoms with Gasteiger partial charge in [-0.05, 0) is 231 Å². The van der Waals surface area contributed by atoms with E-state index in [0.29, 0.717) is 74.1 Å². The second kappa shape index (κ2) is 26.0. The minimum Gasteiger partial charge on any atom is -0.300 e. The maximum atomic E-state index is 12.5. The summed E-state index contributed by atoms with van der Waals surface area (Å²) in [5, 5.41) is 8.56. The molecule has 5 saturated heterocycles. The van der Waals surface area contributed by atoms with E-state index in [1.54, 1.807) is 89.9 Å². The number of carbonyl (C=O) groups excluding carboxylic acids is 3. The highest BCUT2D eigenvalue weighted by molar-refractivity contribution is 7.64. The topological polar surface area (TPSA) is 51.2 Å². The molecule has 0 radical (unpaired) electrons. The van der Waals surface area contributed by atoms with Crippen molar-refractivity contribution in [3.05, 3.63) is 0 Å². The number of ketones is 3. The molecular weight excluding hydrogens is 1180 g/mol. The molecule has 0 aromatic heterocycles. The van der Waals surface area contributed by atoms with Gasteiger partial charge in [-0.1, -0.05) is 259 Å². The van der Waals surface area contributed by atoms with Crippen LogP contribution in [0, 0.1) is 0 Å². The van der Waals surface area contributed by atoms with E-state index < -0.39 is 0 Å². The largest absolute Gasteiger partial charge is 0.300 e. The summed E-state index contributed by atoms with van der Waals surface area (Å²) in [4.78, 5) is 36.5. The molecule has 0 aromatic carbocycles. The lowest BCUT2D eigenvalue weighted by Crippen LogP contribution is -2.56. The fourth-order valence-corrected chi connectivity index (χ4v) is 56.8. The first-order valence-electron chi connectivity index (χ1n) is 39.2. The molecule has 5 heterocycles. The summed E-state index contributed by atoms with van der Waals surface area (Å²) >= 11 is 0. The summed E-state index contributed by atoms with van der Waals surface area (Å²) in [5.74, 6) is 1.77. The number of hydrogen-bond acceptors (Lipinski definition) is 3. The average Bonchev–Trinajstić information content (AvgIpc) is 1.68. The first kappa shape index (κ1) is 71.4. The molecule has 0 bridgehead atoms. The van der Waals surface area contributed by atoms with Crippen molar-refractivity contribution in [1.82, 2.24) is 0 Å². The molecule has 0 amide bonds. The van der Waals surface area contributed by atoms with Crippen LogP contribution in [0.5, 0.6) is 0 Å². The predicted octanol–water partition coefficient (Wildman–Crippen LogP) is 26.4. The molecule has 10 spiro atoms. The molecule has 15 aliphatic rings. The Labute approximate surface area is 557 Å². The lowest BCUT2D eigenvalue weighted by atomic mass is 9.74. The van der Waals surface area contributed by atoms with E-state index in [2.05, 4.69) is 104 Å². The Balaban J connectivity index is 0.000000115. The minimum absolute atomic E-state index is 0.0222. The molecule has 15 rings (SSSR count). The lowest BCUT2D eigenvalue weighted by molar-refractivity contribution is -0.122. The third kappa shape index (κ3) is 14.1. The van der Waals surface area contributed by atoms with Gasteiger partial charge in [0.25, 0.3) is 0 Å². The summed E-state index contributed by atoms with van der Waals surface area (Å²) in [6.07, 6.45) is 67.4. The van der Waals surface area contributed by atoms with Crippen molar-refractivity contribution in [3.63, 3.8) is 0 Å². The number of carbonyl (C=O) groups is 3. The Hall–Kier alpha value is 1.16. The van der Waals surface area contributed by atoms with Crippen LogP contribution in [0.3, 0.4) is 0 Å². The van der Waals surface area contributed by atoms with Crippen LogP contribution in [-0.2, 0) is 14.4 Å². The fraction of sp³-hybridized carbons (Fsp3) is 0.963. The zero-order chi connectivity index (χ0) is 64.1. The third-order valence-corrected chi connectivity index (χ3v) is 50.3. The molecular formula is C81H141O3P5. The first-order valence-corrected chi connectivity index (χ1v) is 45.9. The molecule has 15 fully saturated rings. The molecule has 89 heavy (non-hydrogen) atoms. The Morgan fingerprint density at radius 3 is 0.461 bits per heavy atom. The van der Waals surface area contributed by atoms with Crippen LogP contribution in [0.1, 0.15) is 412 Å². The van der Waals surface area contributed by atoms with Gasteiger partial charge in [0.05, 0.1) is 0 Å². The number of hydrogen-bond donors (Lipinski definition) is 0. The molecule has 10 saturated carbocycles. The van der Waals surface area contributed by atoms with Crippen LogP contribution >= 0.6 is 39.6 Å². The highest BCUT2D eigenvalue weighted by Gasteiger charge is 2.69. The number of rotatable bonds is 0. The van der Waals surface area contributed by atoms with Crippen LogP contribution in [-0.4, -0.2) is 94.7 Å². The van der Waals surface area contributed by atoms with Crippen LogP contribution in [0.15, 0.2) is 0 Å². The van der Waals surface area contributed by atoms with Crippen molar-refractivity contribution in [2.24, 2.45) is 0 Å². The van der Waals surface area contributed by atoms with Crippen molar-refractivity contribution < 1.29 is 14.4 Å². The van der Waals surface area contributed by atoms with Gasteiger partial charge in [-0.25, -0.2) is 0 Å². The predicted molar refractivity (Wildman–Crippen MR) is 397 cm³/mol. The van der Waals surface area contributed by atoms with E-state index in [1.807, 2.05) is 0 Å². The summed E-state index contributed by atoms with van der Waals surface area (Å²) < 4.78 is 0. The fourth-order valence-electron chi connectivity index (χ4n) is 26.7. The van der Waals surface area contributed by atoms with Gasteiger partial charge in [-0.2, -0.15) is 0 Å². The van der Waals surface area contributed by atoms with E-state index in [-0.39, 0.29) is 39.6 Å². The monoisotopic (exact) mass is 1320 g/mol. The summed E-state index contributed by atoms with van der Waals surface area (Å²) in [6.45, 7) is 37.5. The summed E-state index contributed by atoms with van der Waals surface area (Å²) in [6, 6.07) is 0. The number of Topliss-reactive ketones (excluding diaryl/α,β-unsaturated/α-hetero) is 3. The Bertz CT molecular complexity index is 2310. The van der Waals surface area contributed by atoms with Crippen LogP contribution in [0.4, 0.5) is 0 Å². The van der Waals surface area contributed by atoms with E-state index in [9.17, 15) is 14.4 Å². The SMILES string of the molecule is CC(C)(C)P1C2(CC2)CC(=O)CC12CC2.CC(C)(C)P1C2(CCC2)CC(=O)CC12CCC2.CC(C)(C)P1C2(CCCC2)CC(=O)CC12CCCC2.CC(C)(C)P1C2(CCCC2)CCCC12CCCC2.CC(C)(C)P1C2(CCCCC2)CCCC12CCCCC2. The molecule has 0 aromatic rings. The second-order valence-electron chi connectivity index (χ2n) is 39.8. The van der Waals surface area contributed by atoms with E-state index >= 15 is 0 Å². The summed E-state index contributed by atoms with van der Waals surface area (Å²) in [5.41, 5.74) is 0. The van der Waals surface area contributed by atoms with Gasteiger partial charge in [0, 0.05) is 38.5 Å². The highest BCUT2D eigenvalue weighted by atomic mass is 31.1. The van der Waals surface area contributed by atoms with Crippen molar-refractivity contribution >= 4 is 57.0 Å². The van der Waals surface area contributed by atoms with Gasteiger partial charge >= 0.3 is 0 Å². The lowest BCUT2D eigenvalue weighted by Gasteiger charge is -2.66. The van der Waals surface area contributed by atoms with Crippen LogP contribution < -0.4 is 0 Å². The average molecular weight is 1320 g/mol.